The summed E-state index contributed by atoms with van der Waals surface area (Å²) < 4.78 is 0. The number of ketones is 1. The second-order valence-electron chi connectivity index (χ2n) is 5.05. The summed E-state index contributed by atoms with van der Waals surface area (Å²) in [6, 6.07) is 0. The van der Waals surface area contributed by atoms with Crippen molar-refractivity contribution in [1.29, 1.82) is 0 Å². The molecule has 2 nitrogen and oxygen atoms in total. The van der Waals surface area contributed by atoms with Crippen molar-refractivity contribution < 1.29 is 9.90 Å². The molecule has 0 aromatic carbocycles. The molecule has 1 aliphatic rings. The number of carbonyl (C=O) groups excluding carboxylic acids is 1. The Morgan fingerprint density at radius 1 is 1.47 bits per heavy atom. The fraction of sp³-hybridized carbons (Fsp3) is 0.533. The summed E-state index contributed by atoms with van der Waals surface area (Å²) in [5, 5.41) is 9.76. The van der Waals surface area contributed by atoms with Crippen molar-refractivity contribution in [3.8, 4) is 0 Å². The van der Waals surface area contributed by atoms with E-state index in [4.69, 9.17) is 0 Å². The fourth-order valence-electron chi connectivity index (χ4n) is 1.96. The summed E-state index contributed by atoms with van der Waals surface area (Å²) in [6.45, 7) is 7.94. The number of aliphatic hydroxyl groups excluding tert-OH is 1. The third-order valence-corrected chi connectivity index (χ3v) is 3.17. The molecule has 1 atom stereocenters. The fourth-order valence-corrected chi connectivity index (χ4v) is 1.96. The minimum Gasteiger partial charge on any atom is -0.388 e. The molecule has 0 spiro atoms. The highest BCUT2D eigenvalue weighted by atomic mass is 16.3. The van der Waals surface area contributed by atoms with E-state index in [0.717, 1.165) is 29.6 Å². The molecular weight excluding hydrogens is 212 g/mol. The van der Waals surface area contributed by atoms with Gasteiger partial charge >= 0.3 is 0 Å². The van der Waals surface area contributed by atoms with Crippen LogP contribution in [0.25, 0.3) is 0 Å². The van der Waals surface area contributed by atoms with Gasteiger partial charge in [-0.3, -0.25) is 4.79 Å². The Kier molecular flexibility index (Phi) is 4.88. The molecular formula is C15H22O2. The van der Waals surface area contributed by atoms with Crippen molar-refractivity contribution in [3.05, 3.63) is 34.4 Å². The molecule has 1 aliphatic carbocycles. The highest BCUT2D eigenvalue weighted by Gasteiger charge is 2.22. The lowest BCUT2D eigenvalue weighted by Crippen LogP contribution is -2.20. The Bertz CT molecular complexity index is 393. The van der Waals surface area contributed by atoms with E-state index in [1.807, 2.05) is 6.92 Å². The maximum Gasteiger partial charge on any atom is 0.181 e. The minimum absolute atomic E-state index is 0.0718. The van der Waals surface area contributed by atoms with Crippen molar-refractivity contribution in [3.63, 3.8) is 0 Å². The van der Waals surface area contributed by atoms with Gasteiger partial charge in [0.25, 0.3) is 0 Å². The molecule has 0 saturated heterocycles. The van der Waals surface area contributed by atoms with E-state index in [1.165, 1.54) is 5.57 Å². The summed E-state index contributed by atoms with van der Waals surface area (Å²) in [5.74, 6) is 0.0718. The number of aliphatic hydroxyl groups is 1. The lowest BCUT2D eigenvalue weighted by atomic mass is 9.88. The molecule has 0 heterocycles. The molecule has 0 aliphatic heterocycles. The maximum absolute atomic E-state index is 11.8. The van der Waals surface area contributed by atoms with Crippen LogP contribution in [0.4, 0.5) is 0 Å². The first-order chi connectivity index (χ1) is 7.91. The lowest BCUT2D eigenvalue weighted by Gasteiger charge is -2.20. The Morgan fingerprint density at radius 2 is 2.12 bits per heavy atom. The summed E-state index contributed by atoms with van der Waals surface area (Å²) >= 11 is 0. The Hall–Kier alpha value is -1.15. The second-order valence-corrected chi connectivity index (χ2v) is 5.05. The zero-order valence-electron chi connectivity index (χ0n) is 11.2. The van der Waals surface area contributed by atoms with E-state index in [-0.39, 0.29) is 5.78 Å². The van der Waals surface area contributed by atoms with Crippen LogP contribution in [0.2, 0.25) is 0 Å². The average Bonchev–Trinajstić information content (AvgIpc) is 2.22. The van der Waals surface area contributed by atoms with E-state index >= 15 is 0 Å². The lowest BCUT2D eigenvalue weighted by molar-refractivity contribution is -0.112. The first-order valence-electron chi connectivity index (χ1n) is 6.14. The Morgan fingerprint density at radius 3 is 2.71 bits per heavy atom. The monoisotopic (exact) mass is 234 g/mol. The quantitative estimate of drug-likeness (QED) is 0.600. The van der Waals surface area contributed by atoms with Gasteiger partial charge in [-0.15, -0.1) is 0 Å². The van der Waals surface area contributed by atoms with Gasteiger partial charge in [0.1, 0.15) is 0 Å². The Balaban J connectivity index is 2.77. The van der Waals surface area contributed by atoms with Gasteiger partial charge in [0.2, 0.25) is 0 Å². The van der Waals surface area contributed by atoms with Crippen LogP contribution in [0.15, 0.2) is 34.4 Å². The normalized spacial score (nSPS) is 23.2. The molecule has 0 aromatic rings. The molecule has 0 fully saturated rings. The zero-order chi connectivity index (χ0) is 13.0. The predicted molar refractivity (Wildman–Crippen MR) is 70.8 cm³/mol. The molecule has 94 valence electrons. The number of allylic oxidation sites excluding steroid dienone is 4. The van der Waals surface area contributed by atoms with E-state index < -0.39 is 6.10 Å². The molecule has 2 heteroatoms. The van der Waals surface area contributed by atoms with Gasteiger partial charge in [-0.05, 0) is 52.2 Å². The summed E-state index contributed by atoms with van der Waals surface area (Å²) in [5.41, 5.74) is 3.98. The van der Waals surface area contributed by atoms with E-state index in [9.17, 15) is 9.90 Å². The number of hydrogen-bond acceptors (Lipinski definition) is 2. The molecule has 0 aromatic heterocycles. The average molecular weight is 234 g/mol. The molecule has 0 bridgehead atoms. The molecule has 1 rings (SSSR count). The van der Waals surface area contributed by atoms with Crippen LogP contribution in [0.3, 0.4) is 0 Å². The van der Waals surface area contributed by atoms with Crippen molar-refractivity contribution in [2.45, 2.75) is 53.1 Å². The van der Waals surface area contributed by atoms with E-state index in [1.54, 1.807) is 13.0 Å². The third-order valence-electron chi connectivity index (χ3n) is 3.17. The van der Waals surface area contributed by atoms with Crippen LogP contribution in [0, 0.1) is 0 Å². The number of carbonyl (C=O) groups is 1. The molecule has 0 unspecified atom stereocenters. The van der Waals surface area contributed by atoms with Crippen LogP contribution >= 0.6 is 0 Å². The van der Waals surface area contributed by atoms with Gasteiger partial charge < -0.3 is 5.11 Å². The van der Waals surface area contributed by atoms with Gasteiger partial charge in [-0.25, -0.2) is 0 Å². The molecule has 0 radical (unpaired) electrons. The van der Waals surface area contributed by atoms with Gasteiger partial charge in [0.15, 0.2) is 5.78 Å². The summed E-state index contributed by atoms with van der Waals surface area (Å²) in [4.78, 5) is 11.8. The summed E-state index contributed by atoms with van der Waals surface area (Å²) in [7, 11) is 0. The molecule has 0 amide bonds. The van der Waals surface area contributed by atoms with Crippen molar-refractivity contribution in [2.24, 2.45) is 0 Å². The number of rotatable bonds is 3. The largest absolute Gasteiger partial charge is 0.388 e. The maximum atomic E-state index is 11.8. The zero-order valence-corrected chi connectivity index (χ0v) is 11.2. The third kappa shape index (κ3) is 3.97. The van der Waals surface area contributed by atoms with Gasteiger partial charge in [-0.1, -0.05) is 17.2 Å². The number of hydrogen-bond donors (Lipinski definition) is 1. The first kappa shape index (κ1) is 13.9. The Labute approximate surface area is 104 Å². The molecule has 17 heavy (non-hydrogen) atoms. The van der Waals surface area contributed by atoms with Gasteiger partial charge in [0, 0.05) is 12.0 Å². The van der Waals surface area contributed by atoms with Crippen molar-refractivity contribution in [1.82, 2.24) is 0 Å². The second kappa shape index (κ2) is 5.97. The van der Waals surface area contributed by atoms with Crippen LogP contribution in [0.1, 0.15) is 47.0 Å². The van der Waals surface area contributed by atoms with Crippen molar-refractivity contribution >= 4 is 5.78 Å². The van der Waals surface area contributed by atoms with E-state index in [0.29, 0.717) is 6.42 Å². The van der Waals surface area contributed by atoms with Crippen LogP contribution < -0.4 is 0 Å². The minimum atomic E-state index is -0.485. The van der Waals surface area contributed by atoms with Gasteiger partial charge in [0.05, 0.1) is 6.10 Å². The first-order valence-corrected chi connectivity index (χ1v) is 6.14. The topological polar surface area (TPSA) is 37.3 Å². The molecule has 0 saturated carbocycles. The van der Waals surface area contributed by atoms with Gasteiger partial charge in [-0.2, -0.15) is 0 Å². The molecule has 1 N–H and O–H groups in total. The predicted octanol–water partition coefficient (Wildman–Crippen LogP) is 3.33. The van der Waals surface area contributed by atoms with Crippen LogP contribution in [-0.2, 0) is 4.79 Å². The van der Waals surface area contributed by atoms with Crippen molar-refractivity contribution in [2.75, 3.05) is 0 Å². The highest BCUT2D eigenvalue weighted by molar-refractivity contribution is 6.06. The van der Waals surface area contributed by atoms with E-state index in [2.05, 4.69) is 19.9 Å². The van der Waals surface area contributed by atoms with Crippen LogP contribution in [-0.4, -0.2) is 17.0 Å². The SMILES string of the molecule is CC(C)=CCC/C(C)=C1\C[C@H](O)C(C)=CC1=O. The van der Waals surface area contributed by atoms with Crippen LogP contribution in [0.5, 0.6) is 0 Å². The smallest absolute Gasteiger partial charge is 0.181 e. The summed E-state index contributed by atoms with van der Waals surface area (Å²) in [6.07, 6.45) is 5.58. The standard InChI is InChI=1S/C15H22O2/c1-10(2)6-5-7-11(3)13-9-14(16)12(4)8-15(13)17/h6,8,14,16H,5,7,9H2,1-4H3/b13-11+/t14-/m0/s1. The highest BCUT2D eigenvalue weighted by Crippen LogP contribution is 2.25.